The Labute approximate surface area is 166 Å². The second-order valence-corrected chi connectivity index (χ2v) is 7.38. The molecule has 6 heteroatoms. The van der Waals surface area contributed by atoms with Crippen LogP contribution in [0.15, 0.2) is 53.0 Å². The molecule has 0 bridgehead atoms. The second kappa shape index (κ2) is 8.48. The molecule has 0 aliphatic carbocycles. The molecule has 2 aromatic carbocycles. The van der Waals surface area contributed by atoms with Gasteiger partial charge in [0.1, 0.15) is 5.82 Å². The summed E-state index contributed by atoms with van der Waals surface area (Å²) in [7, 11) is 0. The van der Waals surface area contributed by atoms with E-state index >= 15 is 0 Å². The Morgan fingerprint density at radius 2 is 1.81 bits per heavy atom. The van der Waals surface area contributed by atoms with Crippen molar-refractivity contribution in [3.8, 4) is 5.69 Å². The van der Waals surface area contributed by atoms with Crippen LogP contribution in [0, 0.1) is 19.7 Å². The van der Waals surface area contributed by atoms with Crippen molar-refractivity contribution in [3.63, 3.8) is 0 Å². The molecule has 1 N–H and O–H groups in total. The zero-order chi connectivity index (χ0) is 19.4. The fourth-order valence-electron chi connectivity index (χ4n) is 2.94. The van der Waals surface area contributed by atoms with Gasteiger partial charge in [0.25, 0.3) is 0 Å². The zero-order valence-electron chi connectivity index (χ0n) is 15.3. The Hall–Kier alpha value is -2.47. The van der Waals surface area contributed by atoms with Crippen LogP contribution in [0.25, 0.3) is 5.69 Å². The summed E-state index contributed by atoms with van der Waals surface area (Å²) in [6, 6.07) is 14.8. The van der Waals surface area contributed by atoms with Crippen LogP contribution in [0.5, 0.6) is 0 Å². The van der Waals surface area contributed by atoms with Crippen molar-refractivity contribution in [2.45, 2.75) is 26.7 Å². The van der Waals surface area contributed by atoms with Crippen LogP contribution in [0.1, 0.15) is 22.5 Å². The van der Waals surface area contributed by atoms with E-state index in [9.17, 15) is 9.18 Å². The largest absolute Gasteiger partial charge is 0.355 e. The molecule has 1 amide bonds. The maximum atomic E-state index is 13.2. The van der Waals surface area contributed by atoms with Crippen molar-refractivity contribution in [1.29, 1.82) is 0 Å². The maximum absolute atomic E-state index is 13.2. The van der Waals surface area contributed by atoms with Gasteiger partial charge in [-0.05, 0) is 77.7 Å². The molecule has 140 valence electrons. The zero-order valence-corrected chi connectivity index (χ0v) is 16.9. The lowest BCUT2D eigenvalue weighted by atomic mass is 10.1. The third-order valence-corrected chi connectivity index (χ3v) is 4.88. The summed E-state index contributed by atoms with van der Waals surface area (Å²) in [5.74, 6) is -0.407. The minimum Gasteiger partial charge on any atom is -0.355 e. The Bertz CT molecular complexity index is 951. The van der Waals surface area contributed by atoms with E-state index in [1.165, 1.54) is 6.07 Å². The molecule has 4 nitrogen and oxygen atoms in total. The Morgan fingerprint density at radius 1 is 1.11 bits per heavy atom. The van der Waals surface area contributed by atoms with Crippen molar-refractivity contribution >= 4 is 21.8 Å². The van der Waals surface area contributed by atoms with Gasteiger partial charge in [0.2, 0.25) is 5.91 Å². The lowest BCUT2D eigenvalue weighted by Gasteiger charge is -2.08. The molecular weight excluding hydrogens is 409 g/mol. The molecule has 3 aromatic rings. The van der Waals surface area contributed by atoms with Crippen LogP contribution in [0.3, 0.4) is 0 Å². The van der Waals surface area contributed by atoms with E-state index in [1.807, 2.05) is 36.7 Å². The van der Waals surface area contributed by atoms with Gasteiger partial charge < -0.3 is 5.32 Å². The molecule has 0 aliphatic heterocycles. The summed E-state index contributed by atoms with van der Waals surface area (Å²) in [6.07, 6.45) is 0.978. The monoisotopic (exact) mass is 429 g/mol. The molecule has 1 heterocycles. The molecule has 0 saturated heterocycles. The lowest BCUT2D eigenvalue weighted by Crippen LogP contribution is -2.27. The third-order valence-electron chi connectivity index (χ3n) is 4.28. The summed E-state index contributed by atoms with van der Waals surface area (Å²) in [6.45, 7) is 4.56. The van der Waals surface area contributed by atoms with E-state index < -0.39 is 0 Å². The van der Waals surface area contributed by atoms with Crippen molar-refractivity contribution in [2.75, 3.05) is 6.54 Å². The fourth-order valence-corrected chi connectivity index (χ4v) is 3.36. The van der Waals surface area contributed by atoms with E-state index in [1.54, 1.807) is 12.1 Å². The number of carbonyl (C=O) groups is 1. The smallest absolute Gasteiger partial charge is 0.224 e. The molecular formula is C21H21BrFN3O. The molecule has 0 fully saturated rings. The average molecular weight is 430 g/mol. The molecule has 0 aliphatic rings. The van der Waals surface area contributed by atoms with Gasteiger partial charge in [-0.1, -0.05) is 18.2 Å². The SMILES string of the molecule is Cc1cc(C)n(-c2ccc(CCNC(=O)Cc3ccc(F)c(Br)c3)cc2)n1. The van der Waals surface area contributed by atoms with Crippen molar-refractivity contribution in [3.05, 3.63) is 81.3 Å². The Kier molecular flexibility index (Phi) is 6.06. The number of hydrogen-bond donors (Lipinski definition) is 1. The van der Waals surface area contributed by atoms with Gasteiger partial charge in [0, 0.05) is 12.2 Å². The summed E-state index contributed by atoms with van der Waals surface area (Å²) in [5.41, 5.74) is 5.03. The number of aromatic nitrogens is 2. The van der Waals surface area contributed by atoms with Gasteiger partial charge >= 0.3 is 0 Å². The minimum absolute atomic E-state index is 0.0761. The van der Waals surface area contributed by atoms with Crippen LogP contribution >= 0.6 is 15.9 Å². The van der Waals surface area contributed by atoms with Gasteiger partial charge in [0.15, 0.2) is 0 Å². The van der Waals surface area contributed by atoms with E-state index in [0.29, 0.717) is 11.0 Å². The quantitative estimate of drug-likeness (QED) is 0.634. The lowest BCUT2D eigenvalue weighted by molar-refractivity contribution is -0.120. The standard InChI is InChI=1S/C21H21BrFN3O/c1-14-11-15(2)26(25-14)18-6-3-16(4-7-18)9-10-24-21(27)13-17-5-8-20(23)19(22)12-17/h3-8,11-12H,9-10,13H2,1-2H3,(H,24,27). The number of nitrogens with one attached hydrogen (secondary N) is 1. The highest BCUT2D eigenvalue weighted by Gasteiger charge is 2.07. The number of hydrogen-bond acceptors (Lipinski definition) is 2. The highest BCUT2D eigenvalue weighted by Crippen LogP contribution is 2.17. The minimum atomic E-state index is -0.330. The van der Waals surface area contributed by atoms with Crippen molar-refractivity contribution in [2.24, 2.45) is 0 Å². The normalized spacial score (nSPS) is 10.8. The van der Waals surface area contributed by atoms with Gasteiger partial charge in [-0.3, -0.25) is 4.79 Å². The third kappa shape index (κ3) is 5.04. The Morgan fingerprint density at radius 3 is 2.44 bits per heavy atom. The summed E-state index contributed by atoms with van der Waals surface area (Å²) >= 11 is 3.13. The number of amides is 1. The molecule has 0 saturated carbocycles. The average Bonchev–Trinajstić information content (AvgIpc) is 2.97. The molecule has 27 heavy (non-hydrogen) atoms. The molecule has 0 unspecified atom stereocenters. The predicted octanol–water partition coefficient (Wildman–Crippen LogP) is 4.29. The number of aryl methyl sites for hydroxylation is 2. The second-order valence-electron chi connectivity index (χ2n) is 6.53. The van der Waals surface area contributed by atoms with Gasteiger partial charge in [-0.2, -0.15) is 5.10 Å². The molecule has 0 spiro atoms. The Balaban J connectivity index is 1.50. The molecule has 0 atom stereocenters. The topological polar surface area (TPSA) is 46.9 Å². The molecule has 3 rings (SSSR count). The first-order valence-electron chi connectivity index (χ1n) is 8.75. The number of carbonyl (C=O) groups excluding carboxylic acids is 1. The first-order chi connectivity index (χ1) is 12.9. The van der Waals surface area contributed by atoms with Crippen LogP contribution in [-0.4, -0.2) is 22.2 Å². The summed E-state index contributed by atoms with van der Waals surface area (Å²) < 4.78 is 15.5. The fraction of sp³-hybridized carbons (Fsp3) is 0.238. The molecule has 1 aromatic heterocycles. The van der Waals surface area contributed by atoms with E-state index in [-0.39, 0.29) is 18.1 Å². The van der Waals surface area contributed by atoms with Crippen LogP contribution < -0.4 is 5.32 Å². The number of rotatable bonds is 6. The van der Waals surface area contributed by atoms with Gasteiger partial charge in [0.05, 0.1) is 22.3 Å². The maximum Gasteiger partial charge on any atom is 0.224 e. The van der Waals surface area contributed by atoms with E-state index in [4.69, 9.17) is 0 Å². The van der Waals surface area contributed by atoms with Gasteiger partial charge in [-0.25, -0.2) is 9.07 Å². The predicted molar refractivity (Wildman–Crippen MR) is 108 cm³/mol. The summed E-state index contributed by atoms with van der Waals surface area (Å²) in [4.78, 5) is 12.0. The number of nitrogens with zero attached hydrogens (tertiary/aromatic N) is 2. The van der Waals surface area contributed by atoms with Crippen molar-refractivity contribution in [1.82, 2.24) is 15.1 Å². The van der Waals surface area contributed by atoms with Gasteiger partial charge in [-0.15, -0.1) is 0 Å². The van der Waals surface area contributed by atoms with Crippen LogP contribution in [-0.2, 0) is 17.6 Å². The van der Waals surface area contributed by atoms with Crippen LogP contribution in [0.2, 0.25) is 0 Å². The van der Waals surface area contributed by atoms with E-state index in [0.717, 1.165) is 34.6 Å². The highest BCUT2D eigenvalue weighted by molar-refractivity contribution is 9.10. The number of benzene rings is 2. The summed E-state index contributed by atoms with van der Waals surface area (Å²) in [5, 5.41) is 7.39. The highest BCUT2D eigenvalue weighted by atomic mass is 79.9. The molecule has 0 radical (unpaired) electrons. The first-order valence-corrected chi connectivity index (χ1v) is 9.55. The van der Waals surface area contributed by atoms with E-state index in [2.05, 4.69) is 38.5 Å². The van der Waals surface area contributed by atoms with Crippen molar-refractivity contribution < 1.29 is 9.18 Å². The van der Waals surface area contributed by atoms with Crippen LogP contribution in [0.4, 0.5) is 4.39 Å². The first kappa shape index (κ1) is 19.3. The number of halogens is 2.